The highest BCUT2D eigenvalue weighted by molar-refractivity contribution is 14.0. The van der Waals surface area contributed by atoms with Crippen LogP contribution in [0.4, 0.5) is 0 Å². The van der Waals surface area contributed by atoms with Crippen LogP contribution in [0.1, 0.15) is 38.8 Å². The van der Waals surface area contributed by atoms with Crippen LogP contribution in [0.5, 0.6) is 0 Å². The van der Waals surface area contributed by atoms with Crippen LogP contribution in [0, 0.1) is 5.92 Å². The van der Waals surface area contributed by atoms with E-state index in [2.05, 4.69) is 34.5 Å². The molecular weight excluding hydrogens is 441 g/mol. The van der Waals surface area contributed by atoms with Crippen LogP contribution in [-0.4, -0.2) is 55.5 Å². The number of rotatable bonds is 10. The number of halogens is 1. The lowest BCUT2D eigenvalue weighted by Crippen LogP contribution is -2.44. The van der Waals surface area contributed by atoms with E-state index in [1.165, 1.54) is 12.8 Å². The Morgan fingerprint density at radius 2 is 2.04 bits per heavy atom. The smallest absolute Gasteiger partial charge is 0.241 e. The number of hydrogen-bond donors (Lipinski definition) is 2. The molecule has 0 saturated carbocycles. The second-order valence-corrected chi connectivity index (χ2v) is 6.63. The van der Waals surface area contributed by atoms with Crippen molar-refractivity contribution < 1.29 is 4.79 Å². The van der Waals surface area contributed by atoms with Crippen LogP contribution in [-0.2, 0) is 11.2 Å². The Balaban J connectivity index is 0.00000625. The Labute approximate surface area is 175 Å². The zero-order valence-corrected chi connectivity index (χ0v) is 18.8. The van der Waals surface area contributed by atoms with E-state index in [1.807, 2.05) is 25.2 Å². The molecule has 1 heterocycles. The van der Waals surface area contributed by atoms with Gasteiger partial charge < -0.3 is 15.5 Å². The summed E-state index contributed by atoms with van der Waals surface area (Å²) in [5.74, 6) is 1.46. The molecule has 0 aliphatic carbocycles. The van der Waals surface area contributed by atoms with Crippen LogP contribution in [0.2, 0.25) is 0 Å². The van der Waals surface area contributed by atoms with E-state index in [0.29, 0.717) is 12.5 Å². The minimum Gasteiger partial charge on any atom is -0.356 e. The Hall–Kier alpha value is -1.38. The molecule has 2 N–H and O–H groups in total. The van der Waals surface area contributed by atoms with E-state index in [9.17, 15) is 4.79 Å². The number of guanidine groups is 1. The maximum absolute atomic E-state index is 12.2. The molecule has 26 heavy (non-hydrogen) atoms. The van der Waals surface area contributed by atoms with Gasteiger partial charge in [-0.25, -0.2) is 0 Å². The lowest BCUT2D eigenvalue weighted by Gasteiger charge is -2.18. The standard InChI is InChI=1S/C19H33N5O.HI/c1-16(2)9-5-7-13-22-19(20-3)23-15-18(25)24(4)14-11-17-10-6-8-12-21-17;/h6,8,10,12,16H,5,7,9,11,13-15H2,1-4H3,(H2,20,22,23);1H. The van der Waals surface area contributed by atoms with Crippen molar-refractivity contribution in [3.63, 3.8) is 0 Å². The van der Waals surface area contributed by atoms with Crippen LogP contribution >= 0.6 is 24.0 Å². The zero-order valence-electron chi connectivity index (χ0n) is 16.5. The molecule has 7 heteroatoms. The summed E-state index contributed by atoms with van der Waals surface area (Å²) < 4.78 is 0. The van der Waals surface area contributed by atoms with Crippen molar-refractivity contribution in [2.45, 2.75) is 39.5 Å². The molecule has 6 nitrogen and oxygen atoms in total. The van der Waals surface area contributed by atoms with Gasteiger partial charge in [0.1, 0.15) is 0 Å². The summed E-state index contributed by atoms with van der Waals surface area (Å²) in [6.07, 6.45) is 6.09. The number of nitrogens with one attached hydrogen (secondary N) is 2. The molecule has 0 fully saturated rings. The van der Waals surface area contributed by atoms with Crippen molar-refractivity contribution in [3.05, 3.63) is 30.1 Å². The van der Waals surface area contributed by atoms with Gasteiger partial charge in [-0.2, -0.15) is 0 Å². The van der Waals surface area contributed by atoms with Gasteiger partial charge in [-0.15, -0.1) is 24.0 Å². The fraction of sp³-hybridized carbons (Fsp3) is 0.632. The predicted molar refractivity (Wildman–Crippen MR) is 119 cm³/mol. The van der Waals surface area contributed by atoms with Gasteiger partial charge in [0.05, 0.1) is 6.54 Å². The molecule has 1 aromatic rings. The number of unbranched alkanes of at least 4 members (excludes halogenated alkanes) is 1. The largest absolute Gasteiger partial charge is 0.356 e. The van der Waals surface area contributed by atoms with Gasteiger partial charge in [0.25, 0.3) is 0 Å². The molecule has 0 unspecified atom stereocenters. The second-order valence-electron chi connectivity index (χ2n) is 6.63. The third-order valence-electron chi connectivity index (χ3n) is 3.99. The minimum atomic E-state index is 0. The molecule has 0 aliphatic rings. The van der Waals surface area contributed by atoms with E-state index in [1.54, 1.807) is 18.1 Å². The number of amides is 1. The first kappa shape index (κ1) is 24.6. The Morgan fingerprint density at radius 1 is 1.27 bits per heavy atom. The molecule has 0 aliphatic heterocycles. The highest BCUT2D eigenvalue weighted by Gasteiger charge is 2.09. The van der Waals surface area contributed by atoms with E-state index in [0.717, 1.165) is 31.0 Å². The maximum Gasteiger partial charge on any atom is 0.241 e. The number of carbonyl (C=O) groups is 1. The molecule has 1 amide bonds. The molecule has 148 valence electrons. The summed E-state index contributed by atoms with van der Waals surface area (Å²) in [4.78, 5) is 22.3. The summed E-state index contributed by atoms with van der Waals surface area (Å²) in [5, 5.41) is 6.33. The second kappa shape index (κ2) is 14.8. The highest BCUT2D eigenvalue weighted by Crippen LogP contribution is 2.04. The van der Waals surface area contributed by atoms with E-state index in [4.69, 9.17) is 0 Å². The number of likely N-dealkylation sites (N-methyl/N-ethyl adjacent to an activating group) is 1. The third-order valence-corrected chi connectivity index (χ3v) is 3.99. The molecule has 0 spiro atoms. The summed E-state index contributed by atoms with van der Waals surface area (Å²) in [6.45, 7) is 6.24. The minimum absolute atomic E-state index is 0. The molecule has 0 radical (unpaired) electrons. The van der Waals surface area contributed by atoms with Gasteiger partial charge in [-0.3, -0.25) is 14.8 Å². The Kier molecular flexibility index (Phi) is 14.0. The Morgan fingerprint density at radius 3 is 2.65 bits per heavy atom. The predicted octanol–water partition coefficient (Wildman–Crippen LogP) is 2.69. The first-order valence-electron chi connectivity index (χ1n) is 9.11. The number of carbonyl (C=O) groups excluding carboxylic acids is 1. The van der Waals surface area contributed by atoms with E-state index < -0.39 is 0 Å². The maximum atomic E-state index is 12.2. The zero-order chi connectivity index (χ0) is 18.5. The van der Waals surface area contributed by atoms with Crippen LogP contribution in [0.3, 0.4) is 0 Å². The van der Waals surface area contributed by atoms with Crippen LogP contribution in [0.15, 0.2) is 29.4 Å². The summed E-state index contributed by atoms with van der Waals surface area (Å²) >= 11 is 0. The third kappa shape index (κ3) is 11.3. The molecule has 0 saturated heterocycles. The van der Waals surface area contributed by atoms with Crippen molar-refractivity contribution in [3.8, 4) is 0 Å². The average Bonchev–Trinajstić information content (AvgIpc) is 2.62. The van der Waals surface area contributed by atoms with Crippen molar-refractivity contribution in [1.29, 1.82) is 0 Å². The van der Waals surface area contributed by atoms with Gasteiger partial charge in [0.15, 0.2) is 5.96 Å². The molecule has 0 bridgehead atoms. The SMILES string of the molecule is CN=C(NCCCCC(C)C)NCC(=O)N(C)CCc1ccccn1.I. The van der Waals surface area contributed by atoms with Crippen LogP contribution < -0.4 is 10.6 Å². The summed E-state index contributed by atoms with van der Waals surface area (Å²) in [6, 6.07) is 5.83. The fourth-order valence-corrected chi connectivity index (χ4v) is 2.35. The van der Waals surface area contributed by atoms with Gasteiger partial charge in [-0.05, 0) is 24.5 Å². The summed E-state index contributed by atoms with van der Waals surface area (Å²) in [5.41, 5.74) is 0.994. The van der Waals surface area contributed by atoms with E-state index in [-0.39, 0.29) is 36.4 Å². The number of pyridine rings is 1. The molecule has 0 atom stereocenters. The van der Waals surface area contributed by atoms with Gasteiger partial charge >= 0.3 is 0 Å². The molecule has 1 rings (SSSR count). The number of hydrogen-bond acceptors (Lipinski definition) is 3. The normalized spacial score (nSPS) is 11.0. The molecular formula is C19H34IN5O. The number of aliphatic imine (C=N–C) groups is 1. The topological polar surface area (TPSA) is 69.6 Å². The average molecular weight is 475 g/mol. The van der Waals surface area contributed by atoms with E-state index >= 15 is 0 Å². The summed E-state index contributed by atoms with van der Waals surface area (Å²) in [7, 11) is 3.54. The monoisotopic (exact) mass is 475 g/mol. The first-order chi connectivity index (χ1) is 12.0. The number of nitrogens with zero attached hydrogens (tertiary/aromatic N) is 3. The highest BCUT2D eigenvalue weighted by atomic mass is 127. The van der Waals surface area contributed by atoms with Gasteiger partial charge in [-0.1, -0.05) is 32.8 Å². The van der Waals surface area contributed by atoms with Gasteiger partial charge in [0, 0.05) is 45.5 Å². The van der Waals surface area contributed by atoms with Crippen molar-refractivity contribution in [1.82, 2.24) is 20.5 Å². The van der Waals surface area contributed by atoms with Crippen molar-refractivity contribution >= 4 is 35.8 Å². The first-order valence-corrected chi connectivity index (χ1v) is 9.11. The molecule has 1 aromatic heterocycles. The van der Waals surface area contributed by atoms with Crippen molar-refractivity contribution in [2.24, 2.45) is 10.9 Å². The number of aromatic nitrogens is 1. The molecule has 0 aromatic carbocycles. The van der Waals surface area contributed by atoms with Gasteiger partial charge in [0.2, 0.25) is 5.91 Å². The lowest BCUT2D eigenvalue weighted by molar-refractivity contribution is -0.128. The van der Waals surface area contributed by atoms with Crippen LogP contribution in [0.25, 0.3) is 0 Å². The lowest BCUT2D eigenvalue weighted by atomic mass is 10.1. The fourth-order valence-electron chi connectivity index (χ4n) is 2.35. The quantitative estimate of drug-likeness (QED) is 0.236. The van der Waals surface area contributed by atoms with Crippen molar-refractivity contribution in [2.75, 3.05) is 33.7 Å². The Bertz CT molecular complexity index is 522.